The zero-order chi connectivity index (χ0) is 17.1. The van der Waals surface area contributed by atoms with E-state index in [2.05, 4.69) is 10.3 Å². The Bertz CT molecular complexity index is 900. The molecule has 0 aliphatic carbocycles. The SMILES string of the molecule is CCc1nc2cc(NC(=O)CCC(=O)c3ccc(Cl)s3)ccc2o1. The Labute approximate surface area is 147 Å². The second kappa shape index (κ2) is 7.15. The largest absolute Gasteiger partial charge is 0.441 e. The summed E-state index contributed by atoms with van der Waals surface area (Å²) < 4.78 is 6.09. The first-order valence-corrected chi connectivity index (χ1v) is 8.72. The normalized spacial score (nSPS) is 10.9. The predicted octanol–water partition coefficient (Wildman–Crippen LogP) is 4.71. The van der Waals surface area contributed by atoms with Crippen molar-refractivity contribution >= 4 is 51.4 Å². The first-order valence-electron chi connectivity index (χ1n) is 7.53. The zero-order valence-corrected chi connectivity index (χ0v) is 14.5. The number of carbonyl (C=O) groups excluding carboxylic acids is 2. The Morgan fingerprint density at radius 2 is 2.08 bits per heavy atom. The van der Waals surface area contributed by atoms with Crippen LogP contribution in [0.2, 0.25) is 4.34 Å². The molecule has 3 rings (SSSR count). The molecule has 1 amide bonds. The van der Waals surface area contributed by atoms with E-state index in [9.17, 15) is 9.59 Å². The van der Waals surface area contributed by atoms with Gasteiger partial charge in [0.1, 0.15) is 5.52 Å². The number of aromatic nitrogens is 1. The fourth-order valence-electron chi connectivity index (χ4n) is 2.24. The summed E-state index contributed by atoms with van der Waals surface area (Å²) in [5.41, 5.74) is 2.03. The fraction of sp³-hybridized carbons (Fsp3) is 0.235. The van der Waals surface area contributed by atoms with Crippen molar-refractivity contribution in [2.24, 2.45) is 0 Å². The molecule has 0 spiro atoms. The van der Waals surface area contributed by atoms with E-state index in [1.54, 1.807) is 30.3 Å². The number of carbonyl (C=O) groups is 2. The summed E-state index contributed by atoms with van der Waals surface area (Å²) in [6, 6.07) is 8.65. The van der Waals surface area contributed by atoms with Gasteiger partial charge < -0.3 is 9.73 Å². The van der Waals surface area contributed by atoms with E-state index in [-0.39, 0.29) is 24.5 Å². The molecule has 0 fully saturated rings. The second-order valence-electron chi connectivity index (χ2n) is 5.22. The van der Waals surface area contributed by atoms with Crippen molar-refractivity contribution in [2.45, 2.75) is 26.2 Å². The number of rotatable bonds is 6. The van der Waals surface area contributed by atoms with Gasteiger partial charge in [-0.25, -0.2) is 4.98 Å². The number of oxazole rings is 1. The zero-order valence-electron chi connectivity index (χ0n) is 13.0. The van der Waals surface area contributed by atoms with Crippen LogP contribution in [0.4, 0.5) is 5.69 Å². The van der Waals surface area contributed by atoms with Crippen molar-refractivity contribution in [2.75, 3.05) is 5.32 Å². The number of amides is 1. The van der Waals surface area contributed by atoms with Gasteiger partial charge in [-0.2, -0.15) is 0 Å². The minimum atomic E-state index is -0.218. The monoisotopic (exact) mass is 362 g/mol. The highest BCUT2D eigenvalue weighted by Gasteiger charge is 2.12. The van der Waals surface area contributed by atoms with Crippen LogP contribution in [0.25, 0.3) is 11.1 Å². The van der Waals surface area contributed by atoms with Crippen LogP contribution in [0.1, 0.15) is 35.3 Å². The maximum Gasteiger partial charge on any atom is 0.224 e. The van der Waals surface area contributed by atoms with E-state index in [0.717, 1.165) is 0 Å². The van der Waals surface area contributed by atoms with Crippen LogP contribution in [-0.2, 0) is 11.2 Å². The van der Waals surface area contributed by atoms with Crippen LogP contribution < -0.4 is 5.32 Å². The minimum absolute atomic E-state index is 0.0819. The minimum Gasteiger partial charge on any atom is -0.441 e. The third-order valence-electron chi connectivity index (χ3n) is 3.45. The van der Waals surface area contributed by atoms with Gasteiger partial charge in [0.2, 0.25) is 5.91 Å². The molecule has 0 saturated heterocycles. The van der Waals surface area contributed by atoms with Crippen molar-refractivity contribution in [1.82, 2.24) is 4.98 Å². The first kappa shape index (κ1) is 16.7. The summed E-state index contributed by atoms with van der Waals surface area (Å²) in [6.45, 7) is 1.96. The molecule has 0 bridgehead atoms. The Morgan fingerprint density at radius 1 is 1.25 bits per heavy atom. The van der Waals surface area contributed by atoms with Gasteiger partial charge >= 0.3 is 0 Å². The van der Waals surface area contributed by atoms with Gasteiger partial charge in [0.15, 0.2) is 17.3 Å². The van der Waals surface area contributed by atoms with Gasteiger partial charge in [0, 0.05) is 24.9 Å². The standard InChI is InChI=1S/C17H15ClN2O3S/c1-2-17-20-11-9-10(3-5-13(11)23-17)19-16(22)8-4-12(21)14-6-7-15(18)24-14/h3,5-7,9H,2,4,8H2,1H3,(H,19,22). The molecular weight excluding hydrogens is 348 g/mol. The molecule has 1 N–H and O–H groups in total. The lowest BCUT2D eigenvalue weighted by Gasteiger charge is -2.04. The van der Waals surface area contributed by atoms with Crippen LogP contribution in [0.3, 0.4) is 0 Å². The molecule has 0 radical (unpaired) electrons. The number of anilines is 1. The Kier molecular flexibility index (Phi) is 4.97. The van der Waals surface area contributed by atoms with Crippen molar-refractivity contribution in [3.63, 3.8) is 0 Å². The second-order valence-corrected chi connectivity index (χ2v) is 6.93. The van der Waals surface area contributed by atoms with Gasteiger partial charge in [-0.3, -0.25) is 9.59 Å². The number of fused-ring (bicyclic) bond motifs is 1. The van der Waals surface area contributed by atoms with Gasteiger partial charge in [-0.15, -0.1) is 11.3 Å². The molecule has 0 aliphatic heterocycles. The number of thiophene rings is 1. The molecular formula is C17H15ClN2O3S. The summed E-state index contributed by atoms with van der Waals surface area (Å²) in [5, 5.41) is 2.78. The fourth-order valence-corrected chi connectivity index (χ4v) is 3.25. The third kappa shape index (κ3) is 3.83. The molecule has 124 valence electrons. The van der Waals surface area contributed by atoms with E-state index in [4.69, 9.17) is 16.0 Å². The lowest BCUT2D eigenvalue weighted by Crippen LogP contribution is -2.13. The summed E-state index contributed by atoms with van der Waals surface area (Å²) in [7, 11) is 0. The van der Waals surface area contributed by atoms with Gasteiger partial charge in [-0.1, -0.05) is 18.5 Å². The topological polar surface area (TPSA) is 72.2 Å². The summed E-state index contributed by atoms with van der Waals surface area (Å²) in [6.07, 6.45) is 0.978. The van der Waals surface area contributed by atoms with Crippen molar-refractivity contribution in [1.29, 1.82) is 0 Å². The number of Topliss-reactive ketones (excluding diaryl/α,β-unsaturated/α-hetero) is 1. The van der Waals surface area contributed by atoms with Crippen LogP contribution in [0.5, 0.6) is 0 Å². The van der Waals surface area contributed by atoms with Crippen LogP contribution in [-0.4, -0.2) is 16.7 Å². The molecule has 0 atom stereocenters. The van der Waals surface area contributed by atoms with Crippen LogP contribution >= 0.6 is 22.9 Å². The van der Waals surface area contributed by atoms with E-state index in [1.165, 1.54) is 11.3 Å². The molecule has 0 saturated carbocycles. The number of aryl methyl sites for hydroxylation is 1. The molecule has 24 heavy (non-hydrogen) atoms. The number of nitrogens with zero attached hydrogens (tertiary/aromatic N) is 1. The number of halogens is 1. The Balaban J connectivity index is 1.59. The summed E-state index contributed by atoms with van der Waals surface area (Å²) >= 11 is 7.03. The van der Waals surface area contributed by atoms with Crippen molar-refractivity contribution < 1.29 is 14.0 Å². The van der Waals surface area contributed by atoms with Crippen molar-refractivity contribution in [3.8, 4) is 0 Å². The number of ketones is 1. The van der Waals surface area contributed by atoms with Gasteiger partial charge in [-0.05, 0) is 30.3 Å². The molecule has 0 aliphatic rings. The maximum atomic E-state index is 12.0. The highest BCUT2D eigenvalue weighted by atomic mass is 35.5. The Morgan fingerprint density at radius 3 is 2.79 bits per heavy atom. The summed E-state index contributed by atoms with van der Waals surface area (Å²) in [4.78, 5) is 28.9. The number of benzene rings is 1. The molecule has 1 aromatic carbocycles. The molecule has 5 nitrogen and oxygen atoms in total. The number of nitrogens with one attached hydrogen (secondary N) is 1. The van der Waals surface area contributed by atoms with E-state index in [0.29, 0.717) is 38.3 Å². The third-order valence-corrected chi connectivity index (χ3v) is 4.72. The van der Waals surface area contributed by atoms with Crippen molar-refractivity contribution in [3.05, 3.63) is 45.4 Å². The van der Waals surface area contributed by atoms with Gasteiger partial charge in [0.05, 0.1) is 9.21 Å². The molecule has 3 aromatic rings. The average Bonchev–Trinajstić information content (AvgIpc) is 3.18. The molecule has 2 aromatic heterocycles. The highest BCUT2D eigenvalue weighted by molar-refractivity contribution is 7.18. The smallest absolute Gasteiger partial charge is 0.224 e. The molecule has 2 heterocycles. The van der Waals surface area contributed by atoms with E-state index < -0.39 is 0 Å². The van der Waals surface area contributed by atoms with Crippen LogP contribution in [0.15, 0.2) is 34.7 Å². The average molecular weight is 363 g/mol. The Hall–Kier alpha value is -2.18. The lowest BCUT2D eigenvalue weighted by atomic mass is 10.2. The van der Waals surface area contributed by atoms with E-state index in [1.807, 2.05) is 6.92 Å². The molecule has 7 heteroatoms. The maximum absolute atomic E-state index is 12.0. The van der Waals surface area contributed by atoms with Gasteiger partial charge in [0.25, 0.3) is 0 Å². The molecule has 0 unspecified atom stereocenters. The van der Waals surface area contributed by atoms with E-state index >= 15 is 0 Å². The quantitative estimate of drug-likeness (QED) is 0.645. The lowest BCUT2D eigenvalue weighted by molar-refractivity contribution is -0.116. The number of hydrogen-bond donors (Lipinski definition) is 1. The first-order chi connectivity index (χ1) is 11.5. The summed E-state index contributed by atoms with van der Waals surface area (Å²) in [5.74, 6) is 0.361. The predicted molar refractivity (Wildman–Crippen MR) is 94.9 cm³/mol. The van der Waals surface area contributed by atoms with Crippen LogP contribution in [0, 0.1) is 0 Å². The number of hydrogen-bond acceptors (Lipinski definition) is 5. The highest BCUT2D eigenvalue weighted by Crippen LogP contribution is 2.23.